The Morgan fingerprint density at radius 1 is 1.13 bits per heavy atom. The number of aryl methyl sites for hydroxylation is 1. The van der Waals surface area contributed by atoms with E-state index in [9.17, 15) is 18.0 Å². The zero-order chi connectivity index (χ0) is 21.8. The third kappa shape index (κ3) is 3.56. The van der Waals surface area contributed by atoms with E-state index in [0.717, 1.165) is 42.1 Å². The molecule has 6 nitrogen and oxygen atoms in total. The number of aromatic nitrogens is 3. The maximum absolute atomic E-state index is 13.8. The van der Waals surface area contributed by atoms with Gasteiger partial charge in [0, 0.05) is 31.2 Å². The summed E-state index contributed by atoms with van der Waals surface area (Å²) >= 11 is 0. The average Bonchev–Trinajstić information content (AvgIpc) is 3.38. The number of piperazine rings is 1. The van der Waals surface area contributed by atoms with E-state index in [1.165, 1.54) is 6.20 Å². The molecule has 3 aromatic rings. The summed E-state index contributed by atoms with van der Waals surface area (Å²) in [6, 6.07) is 8.39. The molecule has 31 heavy (non-hydrogen) atoms. The molecule has 0 spiro atoms. The van der Waals surface area contributed by atoms with Crippen molar-refractivity contribution in [3.8, 4) is 11.3 Å². The number of amides is 1. The van der Waals surface area contributed by atoms with Gasteiger partial charge in [0.1, 0.15) is 5.56 Å². The van der Waals surface area contributed by atoms with E-state index in [1.54, 1.807) is 17.0 Å². The van der Waals surface area contributed by atoms with Gasteiger partial charge in [-0.3, -0.25) is 9.69 Å². The summed E-state index contributed by atoms with van der Waals surface area (Å²) in [5, 5.41) is 3.89. The van der Waals surface area contributed by atoms with Gasteiger partial charge in [0.2, 0.25) is 0 Å². The molecule has 2 aromatic heterocycles. The van der Waals surface area contributed by atoms with Crippen LogP contribution in [-0.2, 0) is 6.18 Å². The highest BCUT2D eigenvalue weighted by molar-refractivity contribution is 6.00. The van der Waals surface area contributed by atoms with Crippen LogP contribution >= 0.6 is 0 Å². The van der Waals surface area contributed by atoms with Crippen LogP contribution in [0, 0.1) is 6.92 Å². The number of alkyl halides is 3. The van der Waals surface area contributed by atoms with Crippen molar-refractivity contribution in [1.29, 1.82) is 0 Å². The molecule has 1 atom stereocenters. The number of nitrogens with zero attached hydrogens (tertiary/aromatic N) is 5. The van der Waals surface area contributed by atoms with Gasteiger partial charge in [-0.15, -0.1) is 0 Å². The lowest BCUT2D eigenvalue weighted by molar-refractivity contribution is -0.142. The maximum atomic E-state index is 13.8. The molecule has 2 fully saturated rings. The van der Waals surface area contributed by atoms with Crippen molar-refractivity contribution >= 4 is 11.6 Å². The molecule has 0 aliphatic carbocycles. The molecular weight excluding hydrogens is 407 g/mol. The van der Waals surface area contributed by atoms with Crippen LogP contribution in [0.4, 0.5) is 13.2 Å². The summed E-state index contributed by atoms with van der Waals surface area (Å²) in [5.41, 5.74) is 0.794. The van der Waals surface area contributed by atoms with Crippen molar-refractivity contribution in [2.45, 2.75) is 32.0 Å². The second-order valence-corrected chi connectivity index (χ2v) is 8.27. The molecule has 2 aliphatic rings. The fourth-order valence-electron chi connectivity index (χ4n) is 4.53. The molecule has 2 aliphatic heterocycles. The molecule has 1 amide bonds. The van der Waals surface area contributed by atoms with Gasteiger partial charge >= 0.3 is 6.18 Å². The Kier molecular flexibility index (Phi) is 4.73. The van der Waals surface area contributed by atoms with Crippen LogP contribution in [0.3, 0.4) is 0 Å². The fourth-order valence-corrected chi connectivity index (χ4v) is 4.53. The minimum Gasteiger partial charge on any atom is -0.336 e. The van der Waals surface area contributed by atoms with Gasteiger partial charge in [0.15, 0.2) is 11.3 Å². The molecule has 1 aromatic carbocycles. The molecule has 0 unspecified atom stereocenters. The van der Waals surface area contributed by atoms with Gasteiger partial charge in [-0.2, -0.15) is 18.3 Å². The van der Waals surface area contributed by atoms with E-state index >= 15 is 0 Å². The first-order chi connectivity index (χ1) is 14.8. The summed E-state index contributed by atoms with van der Waals surface area (Å²) in [6.07, 6.45) is -1.28. The van der Waals surface area contributed by atoms with Crippen LogP contribution in [0.1, 0.15) is 34.5 Å². The van der Waals surface area contributed by atoms with Crippen LogP contribution in [0.25, 0.3) is 16.9 Å². The Morgan fingerprint density at radius 3 is 2.65 bits per heavy atom. The molecule has 0 saturated carbocycles. The summed E-state index contributed by atoms with van der Waals surface area (Å²) in [4.78, 5) is 21.8. The smallest absolute Gasteiger partial charge is 0.336 e. The zero-order valence-electron chi connectivity index (χ0n) is 17.1. The Hall–Kier alpha value is -2.94. The van der Waals surface area contributed by atoms with Crippen LogP contribution in [0.15, 0.2) is 36.5 Å². The van der Waals surface area contributed by atoms with Crippen molar-refractivity contribution < 1.29 is 18.0 Å². The van der Waals surface area contributed by atoms with Gasteiger partial charge in [-0.25, -0.2) is 9.50 Å². The zero-order valence-corrected chi connectivity index (χ0v) is 17.1. The molecule has 5 rings (SSSR count). The number of carbonyl (C=O) groups is 1. The number of hydrogen-bond donors (Lipinski definition) is 0. The van der Waals surface area contributed by atoms with E-state index in [-0.39, 0.29) is 22.8 Å². The van der Waals surface area contributed by atoms with E-state index in [2.05, 4.69) is 15.0 Å². The van der Waals surface area contributed by atoms with Crippen LogP contribution in [0.2, 0.25) is 0 Å². The Bertz CT molecular complexity index is 1140. The standard InChI is InChI=1S/C22H22F3N5O/c1-14-4-6-15(7-5-14)18-11-19(22(23,24)25)30-20(27-18)17(12-26-30)21(31)29-10-9-28-8-2-3-16(28)13-29/h4-7,11-12,16H,2-3,8-10,13H2,1H3/t16-/m1/s1. The van der Waals surface area contributed by atoms with Crippen molar-refractivity contribution in [2.75, 3.05) is 26.2 Å². The second-order valence-electron chi connectivity index (χ2n) is 8.27. The predicted octanol–water partition coefficient (Wildman–Crippen LogP) is 3.64. The van der Waals surface area contributed by atoms with Gasteiger partial charge in [-0.05, 0) is 32.4 Å². The van der Waals surface area contributed by atoms with Crippen molar-refractivity contribution in [1.82, 2.24) is 24.4 Å². The Labute approximate surface area is 177 Å². The highest BCUT2D eigenvalue weighted by atomic mass is 19.4. The molecular formula is C22H22F3N5O. The Morgan fingerprint density at radius 2 is 1.90 bits per heavy atom. The second kappa shape index (κ2) is 7.33. The van der Waals surface area contributed by atoms with E-state index in [0.29, 0.717) is 24.7 Å². The molecule has 0 bridgehead atoms. The SMILES string of the molecule is Cc1ccc(-c2cc(C(F)(F)F)n3ncc(C(=O)N4CCN5CCC[C@@H]5C4)c3n2)cc1. The lowest BCUT2D eigenvalue weighted by Gasteiger charge is -2.37. The minimum atomic E-state index is -4.64. The molecule has 162 valence electrons. The third-order valence-electron chi connectivity index (χ3n) is 6.21. The average molecular weight is 429 g/mol. The van der Waals surface area contributed by atoms with Crippen molar-refractivity contribution in [3.63, 3.8) is 0 Å². The maximum Gasteiger partial charge on any atom is 0.433 e. The number of hydrogen-bond acceptors (Lipinski definition) is 4. The number of benzene rings is 1. The monoisotopic (exact) mass is 429 g/mol. The summed E-state index contributed by atoms with van der Waals surface area (Å²) in [7, 11) is 0. The molecule has 2 saturated heterocycles. The molecule has 4 heterocycles. The largest absolute Gasteiger partial charge is 0.433 e. The van der Waals surface area contributed by atoms with Crippen LogP contribution < -0.4 is 0 Å². The van der Waals surface area contributed by atoms with Crippen molar-refractivity contribution in [2.24, 2.45) is 0 Å². The molecule has 0 radical (unpaired) electrons. The predicted molar refractivity (Wildman–Crippen MR) is 109 cm³/mol. The van der Waals surface area contributed by atoms with Crippen LogP contribution in [0.5, 0.6) is 0 Å². The van der Waals surface area contributed by atoms with Gasteiger partial charge < -0.3 is 4.90 Å². The summed E-state index contributed by atoms with van der Waals surface area (Å²) in [5.74, 6) is -0.316. The number of rotatable bonds is 2. The van der Waals surface area contributed by atoms with Crippen LogP contribution in [-0.4, -0.2) is 62.5 Å². The normalized spacial score (nSPS) is 19.7. The highest BCUT2D eigenvalue weighted by Crippen LogP contribution is 2.33. The van der Waals surface area contributed by atoms with E-state index in [1.807, 2.05) is 19.1 Å². The number of halogens is 3. The third-order valence-corrected chi connectivity index (χ3v) is 6.21. The number of fused-ring (bicyclic) bond motifs is 2. The van der Waals surface area contributed by atoms with Gasteiger partial charge in [0.25, 0.3) is 5.91 Å². The highest BCUT2D eigenvalue weighted by Gasteiger charge is 2.37. The number of carbonyl (C=O) groups excluding carboxylic acids is 1. The summed E-state index contributed by atoms with van der Waals surface area (Å²) in [6.45, 7) is 4.86. The first kappa shape index (κ1) is 20.0. The van der Waals surface area contributed by atoms with Gasteiger partial charge in [0.05, 0.1) is 11.9 Å². The summed E-state index contributed by atoms with van der Waals surface area (Å²) < 4.78 is 42.1. The van der Waals surface area contributed by atoms with Gasteiger partial charge in [-0.1, -0.05) is 29.8 Å². The first-order valence-corrected chi connectivity index (χ1v) is 10.4. The van der Waals surface area contributed by atoms with Crippen molar-refractivity contribution in [3.05, 3.63) is 53.3 Å². The van der Waals surface area contributed by atoms with E-state index < -0.39 is 11.9 Å². The molecule has 0 N–H and O–H groups in total. The fraction of sp³-hybridized carbons (Fsp3) is 0.409. The minimum absolute atomic E-state index is 0.0655. The lowest BCUT2D eigenvalue weighted by atomic mass is 10.1. The lowest BCUT2D eigenvalue weighted by Crippen LogP contribution is -2.52. The first-order valence-electron chi connectivity index (χ1n) is 10.4. The quantitative estimate of drug-likeness (QED) is 0.624. The topological polar surface area (TPSA) is 53.7 Å². The molecule has 9 heteroatoms. The Balaban J connectivity index is 1.58. The van der Waals surface area contributed by atoms with E-state index in [4.69, 9.17) is 0 Å².